The molecule has 2 fully saturated rings. The second-order valence-electron chi connectivity index (χ2n) is 7.36. The van der Waals surface area contributed by atoms with Gasteiger partial charge in [-0.3, -0.25) is 9.44 Å². The predicted molar refractivity (Wildman–Crippen MR) is 86.1 cm³/mol. The average molecular weight is 322 g/mol. The van der Waals surface area contributed by atoms with Gasteiger partial charge in [0.15, 0.2) is 0 Å². The van der Waals surface area contributed by atoms with Crippen LogP contribution in [0.3, 0.4) is 0 Å². The molecule has 1 saturated carbocycles. The van der Waals surface area contributed by atoms with Gasteiger partial charge in [0.05, 0.1) is 25.6 Å². The molecule has 2 aliphatic rings. The molecule has 1 heterocycles. The van der Waals surface area contributed by atoms with Crippen molar-refractivity contribution < 1.29 is 19.3 Å². The minimum absolute atomic E-state index is 0.140. The van der Waals surface area contributed by atoms with Crippen molar-refractivity contribution in [2.24, 2.45) is 17.3 Å². The minimum atomic E-state index is -1.28. The van der Waals surface area contributed by atoms with E-state index in [1.54, 1.807) is 0 Å². The first kappa shape index (κ1) is 18.0. The van der Waals surface area contributed by atoms with E-state index in [4.69, 9.17) is 11.2 Å². The summed E-state index contributed by atoms with van der Waals surface area (Å²) in [5.41, 5.74) is 1.01. The molecule has 1 saturated heterocycles. The Labute approximate surface area is 137 Å². The largest absolute Gasteiger partial charge is 0.627 e. The number of aliphatic hydroxyl groups excluding tert-OH is 1. The molecule has 0 radical (unpaired) electrons. The Morgan fingerprint density at radius 2 is 2.22 bits per heavy atom. The summed E-state index contributed by atoms with van der Waals surface area (Å²) in [4.78, 5) is 13.8. The fourth-order valence-corrected chi connectivity index (χ4v) is 3.30. The molecule has 0 aromatic rings. The Bertz CT molecular complexity index is 547. The Balaban J connectivity index is 1.93. The topological polar surface area (TPSA) is 72.8 Å². The molecule has 23 heavy (non-hydrogen) atoms. The zero-order valence-corrected chi connectivity index (χ0v) is 14.3. The lowest BCUT2D eigenvalue weighted by atomic mass is 10.1. The van der Waals surface area contributed by atoms with E-state index in [0.717, 1.165) is 5.57 Å². The smallest absolute Gasteiger partial charge is 0.314 e. The maximum atomic E-state index is 12.6. The number of allylic oxidation sites excluding steroid dienone is 2. The van der Waals surface area contributed by atoms with Crippen LogP contribution < -0.4 is 0 Å². The van der Waals surface area contributed by atoms with E-state index in [2.05, 4.69) is 12.0 Å². The summed E-state index contributed by atoms with van der Waals surface area (Å²) in [6.07, 6.45) is 6.01. The number of hydroxylamine groups is 3. The van der Waals surface area contributed by atoms with Crippen molar-refractivity contribution in [1.82, 2.24) is 4.90 Å². The number of carbonyl (C=O) groups is 1. The van der Waals surface area contributed by atoms with Gasteiger partial charge in [-0.15, -0.1) is 6.42 Å². The summed E-state index contributed by atoms with van der Waals surface area (Å²) in [6.45, 7) is 8.40. The number of hydrogen-bond acceptors (Lipinski definition) is 5. The summed E-state index contributed by atoms with van der Waals surface area (Å²) < 4.78 is 4.27. The number of terminal acetylenes is 1. The molecule has 1 N–H and O–H groups in total. The quantitative estimate of drug-likeness (QED) is 0.271. The summed E-state index contributed by atoms with van der Waals surface area (Å²) in [6, 6.07) is 0. The zero-order valence-electron chi connectivity index (χ0n) is 14.3. The fourth-order valence-electron chi connectivity index (χ4n) is 3.30. The molecule has 2 rings (SSSR count). The molecule has 128 valence electrons. The highest BCUT2D eigenvalue weighted by atomic mass is 16.7. The summed E-state index contributed by atoms with van der Waals surface area (Å²) in [7, 11) is 0. The van der Waals surface area contributed by atoms with Gasteiger partial charge in [-0.2, -0.15) is 0 Å². The van der Waals surface area contributed by atoms with Crippen molar-refractivity contribution in [3.05, 3.63) is 16.9 Å². The van der Waals surface area contributed by atoms with Crippen LogP contribution in [0, 0.1) is 34.8 Å². The Hall–Kier alpha value is -1.39. The number of quaternary nitrogens is 1. The molecule has 4 unspecified atom stereocenters. The first-order chi connectivity index (χ1) is 10.6. The van der Waals surface area contributed by atoms with E-state index < -0.39 is 11.0 Å². The molecular weight excluding hydrogens is 296 g/mol. The number of nitrogens with zero attached hydrogens (tertiary/aromatic N) is 2. The molecule has 4 atom stereocenters. The number of carbonyl (C=O) groups excluding carboxylic acids is 1. The summed E-state index contributed by atoms with van der Waals surface area (Å²) >= 11 is 0. The fraction of sp³-hybridized carbons (Fsp3) is 0.706. The number of ether oxygens (including phenoxy) is 1. The van der Waals surface area contributed by atoms with E-state index in [0.29, 0.717) is 6.54 Å². The van der Waals surface area contributed by atoms with Gasteiger partial charge >= 0.3 is 5.97 Å². The highest BCUT2D eigenvalue weighted by Crippen LogP contribution is 2.59. The van der Waals surface area contributed by atoms with E-state index >= 15 is 0 Å². The third-order valence-corrected chi connectivity index (χ3v) is 4.91. The van der Waals surface area contributed by atoms with Crippen LogP contribution in [0.4, 0.5) is 0 Å². The van der Waals surface area contributed by atoms with Crippen molar-refractivity contribution in [2.75, 3.05) is 26.4 Å². The first-order valence-corrected chi connectivity index (χ1v) is 7.88. The van der Waals surface area contributed by atoms with Gasteiger partial charge in [0.25, 0.3) is 6.35 Å². The van der Waals surface area contributed by atoms with Crippen LogP contribution in [-0.4, -0.2) is 53.3 Å². The lowest BCUT2D eigenvalue weighted by Crippen LogP contribution is -2.52. The summed E-state index contributed by atoms with van der Waals surface area (Å²) in [5.74, 6) is 1.95. The van der Waals surface area contributed by atoms with Crippen molar-refractivity contribution in [1.29, 1.82) is 0 Å². The van der Waals surface area contributed by atoms with Crippen LogP contribution in [0.5, 0.6) is 0 Å². The molecule has 0 spiro atoms. The number of esters is 1. The highest BCUT2D eigenvalue weighted by Gasteiger charge is 2.61. The van der Waals surface area contributed by atoms with Crippen LogP contribution in [0.25, 0.3) is 0 Å². The predicted octanol–water partition coefficient (Wildman–Crippen LogP) is 1.26. The number of hydrogen-bond donors (Lipinski definition) is 1. The lowest BCUT2D eigenvalue weighted by Gasteiger charge is -2.40. The molecule has 6 nitrogen and oxygen atoms in total. The second kappa shape index (κ2) is 6.25. The molecule has 0 aromatic heterocycles. The Morgan fingerprint density at radius 3 is 2.78 bits per heavy atom. The van der Waals surface area contributed by atoms with Crippen molar-refractivity contribution >= 4 is 5.97 Å². The third-order valence-electron chi connectivity index (χ3n) is 4.91. The van der Waals surface area contributed by atoms with Gasteiger partial charge in [-0.1, -0.05) is 31.4 Å². The van der Waals surface area contributed by atoms with Gasteiger partial charge in [-0.05, 0) is 25.2 Å². The van der Waals surface area contributed by atoms with E-state index in [-0.39, 0.29) is 43.0 Å². The monoisotopic (exact) mass is 322 g/mol. The van der Waals surface area contributed by atoms with Gasteiger partial charge < -0.3 is 15.1 Å². The minimum Gasteiger partial charge on any atom is -0.627 e. The summed E-state index contributed by atoms with van der Waals surface area (Å²) in [5, 5.41) is 22.6. The second-order valence-corrected chi connectivity index (χ2v) is 7.36. The molecule has 1 aliphatic carbocycles. The highest BCUT2D eigenvalue weighted by molar-refractivity contribution is 5.78. The van der Waals surface area contributed by atoms with Gasteiger partial charge in [0, 0.05) is 0 Å². The maximum Gasteiger partial charge on any atom is 0.314 e. The Morgan fingerprint density at radius 1 is 1.57 bits per heavy atom. The normalized spacial score (nSPS) is 35.4. The third kappa shape index (κ3) is 3.43. The Kier molecular flexibility index (Phi) is 4.88. The molecular formula is C17H26N2O4. The molecule has 6 heteroatoms. The van der Waals surface area contributed by atoms with E-state index in [1.165, 1.54) is 4.90 Å². The SMILES string of the molecule is C#CCN1CC[N+]([O-])(COC(=O)C2C(C=C(C)C)C2(C)C)C1O. The molecule has 0 bridgehead atoms. The van der Waals surface area contributed by atoms with Gasteiger partial charge in [0.1, 0.15) is 0 Å². The van der Waals surface area contributed by atoms with Crippen LogP contribution in [0.15, 0.2) is 11.6 Å². The van der Waals surface area contributed by atoms with Crippen LogP contribution >= 0.6 is 0 Å². The standard InChI is InChI=1S/C17H26N2O4/c1-6-7-18-8-9-19(22,16(18)21)11-23-15(20)14-13(10-12(2)3)17(14,4)5/h1,10,13-14,16,21H,7-9,11H2,2-5H3. The van der Waals surface area contributed by atoms with Crippen molar-refractivity contribution in [3.63, 3.8) is 0 Å². The lowest BCUT2D eigenvalue weighted by molar-refractivity contribution is -0.936. The van der Waals surface area contributed by atoms with Gasteiger partial charge in [-0.25, -0.2) is 4.90 Å². The first-order valence-electron chi connectivity index (χ1n) is 7.88. The van der Waals surface area contributed by atoms with Crippen molar-refractivity contribution in [3.8, 4) is 12.3 Å². The zero-order chi connectivity index (χ0) is 17.4. The van der Waals surface area contributed by atoms with E-state index in [9.17, 15) is 15.1 Å². The number of rotatable bonds is 5. The van der Waals surface area contributed by atoms with Crippen LogP contribution in [0.2, 0.25) is 0 Å². The maximum absolute atomic E-state index is 12.6. The number of aliphatic hydroxyl groups is 1. The van der Waals surface area contributed by atoms with Gasteiger partial charge in [0.2, 0.25) is 6.73 Å². The van der Waals surface area contributed by atoms with Crippen molar-refractivity contribution in [2.45, 2.75) is 34.0 Å². The average Bonchev–Trinajstić information content (AvgIpc) is 2.87. The molecule has 0 aromatic carbocycles. The van der Waals surface area contributed by atoms with E-state index in [1.807, 2.05) is 27.7 Å². The van der Waals surface area contributed by atoms with Crippen LogP contribution in [0.1, 0.15) is 27.7 Å². The van der Waals surface area contributed by atoms with Crippen LogP contribution in [-0.2, 0) is 9.53 Å². The molecule has 1 aliphatic heterocycles. The molecule has 0 amide bonds.